The molecule has 6 aromatic carbocycles. The topological polar surface area (TPSA) is 98.7 Å². The Morgan fingerprint density at radius 1 is 0.426 bits per heavy atom. The smallest absolute Gasteiger partial charge is 0.243 e. The SMILES string of the molecule is CC/C(=C(/c1ccc(O)cc1)c1ccc(/C=C/C(=O)NCCCCCNC(=O)/C=C/c2ccc(/C(=C(\CC)c3ccccc3)c3ccc(O)cc3)cc2)cc1)c1ccccc1. The lowest BCUT2D eigenvalue weighted by Crippen LogP contribution is -2.23. The lowest BCUT2D eigenvalue weighted by molar-refractivity contribution is -0.117. The molecule has 0 unspecified atom stereocenters. The van der Waals surface area contributed by atoms with Gasteiger partial charge in [0.15, 0.2) is 0 Å². The fourth-order valence-electron chi connectivity index (χ4n) is 7.45. The van der Waals surface area contributed by atoms with E-state index in [0.717, 1.165) is 87.8 Å². The number of carbonyl (C=O) groups is 2. The third-order valence-electron chi connectivity index (χ3n) is 10.6. The number of carbonyl (C=O) groups excluding carboxylic acids is 2. The van der Waals surface area contributed by atoms with E-state index in [-0.39, 0.29) is 23.3 Å². The third kappa shape index (κ3) is 12.4. The first-order valence-corrected chi connectivity index (χ1v) is 21.1. The van der Waals surface area contributed by atoms with Crippen molar-refractivity contribution in [2.75, 3.05) is 13.1 Å². The Kier molecular flexibility index (Phi) is 15.8. The zero-order chi connectivity index (χ0) is 42.8. The summed E-state index contributed by atoms with van der Waals surface area (Å²) in [5, 5.41) is 25.8. The second kappa shape index (κ2) is 22.3. The van der Waals surface area contributed by atoms with Gasteiger partial charge in [-0.1, -0.05) is 147 Å². The van der Waals surface area contributed by atoms with Crippen LogP contribution in [0.5, 0.6) is 11.5 Å². The second-order valence-electron chi connectivity index (χ2n) is 14.8. The van der Waals surface area contributed by atoms with Crippen LogP contribution in [0, 0.1) is 0 Å². The highest BCUT2D eigenvalue weighted by atomic mass is 16.3. The summed E-state index contributed by atoms with van der Waals surface area (Å²) in [5.41, 5.74) is 13.0. The number of phenolic OH excluding ortho intramolecular Hbond substituents is 2. The third-order valence-corrected chi connectivity index (χ3v) is 10.6. The summed E-state index contributed by atoms with van der Waals surface area (Å²) in [6, 6.07) is 51.7. The monoisotopic (exact) mass is 806 g/mol. The molecule has 6 rings (SSSR count). The molecule has 6 heteroatoms. The molecule has 6 aromatic rings. The molecule has 0 radical (unpaired) electrons. The normalized spacial score (nSPS) is 12.2. The summed E-state index contributed by atoms with van der Waals surface area (Å²) in [5.74, 6) is 0.167. The Balaban J connectivity index is 0.945. The largest absolute Gasteiger partial charge is 0.508 e. The molecule has 0 atom stereocenters. The van der Waals surface area contributed by atoms with Crippen LogP contribution < -0.4 is 10.6 Å². The van der Waals surface area contributed by atoms with Gasteiger partial charge in [0.05, 0.1) is 0 Å². The Morgan fingerprint density at radius 2 is 0.754 bits per heavy atom. The molecule has 2 amide bonds. The summed E-state index contributed by atoms with van der Waals surface area (Å²) < 4.78 is 0. The number of unbranched alkanes of at least 4 members (excludes halogenated alkanes) is 2. The molecular formula is C55H54N2O4. The molecular weight excluding hydrogens is 753 g/mol. The van der Waals surface area contributed by atoms with E-state index in [9.17, 15) is 19.8 Å². The summed E-state index contributed by atoms with van der Waals surface area (Å²) in [7, 11) is 0. The van der Waals surface area contributed by atoms with Gasteiger partial charge in [-0.15, -0.1) is 0 Å². The van der Waals surface area contributed by atoms with Crippen molar-refractivity contribution in [1.82, 2.24) is 10.6 Å². The number of aromatic hydroxyl groups is 2. The molecule has 308 valence electrons. The van der Waals surface area contributed by atoms with Crippen molar-refractivity contribution in [1.29, 1.82) is 0 Å². The number of amides is 2. The second-order valence-corrected chi connectivity index (χ2v) is 14.8. The van der Waals surface area contributed by atoms with Gasteiger partial charge in [-0.3, -0.25) is 9.59 Å². The predicted octanol–water partition coefficient (Wildman–Crippen LogP) is 12.0. The summed E-state index contributed by atoms with van der Waals surface area (Å²) in [6.07, 6.45) is 10.9. The maximum absolute atomic E-state index is 12.6. The van der Waals surface area contributed by atoms with E-state index in [4.69, 9.17) is 0 Å². The van der Waals surface area contributed by atoms with Crippen molar-refractivity contribution in [2.45, 2.75) is 46.0 Å². The van der Waals surface area contributed by atoms with Crippen LogP contribution in [-0.4, -0.2) is 35.1 Å². The van der Waals surface area contributed by atoms with Gasteiger partial charge in [0.25, 0.3) is 0 Å². The molecule has 0 spiro atoms. The van der Waals surface area contributed by atoms with Crippen molar-refractivity contribution < 1.29 is 19.8 Å². The minimum atomic E-state index is -0.146. The molecule has 0 fully saturated rings. The van der Waals surface area contributed by atoms with Crippen LogP contribution >= 0.6 is 0 Å². The predicted molar refractivity (Wildman–Crippen MR) is 252 cm³/mol. The first-order chi connectivity index (χ1) is 29.8. The lowest BCUT2D eigenvalue weighted by Gasteiger charge is -2.16. The molecule has 0 saturated heterocycles. The van der Waals surface area contributed by atoms with E-state index in [1.54, 1.807) is 36.4 Å². The molecule has 0 heterocycles. The van der Waals surface area contributed by atoms with Gasteiger partial charge in [0.2, 0.25) is 11.8 Å². The molecule has 4 N–H and O–H groups in total. The van der Waals surface area contributed by atoms with Crippen molar-refractivity contribution >= 4 is 46.3 Å². The van der Waals surface area contributed by atoms with Crippen LogP contribution in [0.25, 0.3) is 34.4 Å². The highest BCUT2D eigenvalue weighted by Gasteiger charge is 2.15. The van der Waals surface area contributed by atoms with Gasteiger partial charge in [0.1, 0.15) is 11.5 Å². The number of nitrogens with one attached hydrogen (secondary N) is 2. The maximum Gasteiger partial charge on any atom is 0.243 e. The number of phenols is 2. The molecule has 0 aromatic heterocycles. The van der Waals surface area contributed by atoms with Gasteiger partial charge < -0.3 is 20.8 Å². The van der Waals surface area contributed by atoms with E-state index in [1.807, 2.05) is 97.1 Å². The standard InChI is InChI=1S/C55H54N2O4/c1-3-50(42-14-8-5-9-15-42)54(46-28-32-48(58)33-29-46)44-24-18-40(19-25-44)22-36-52(60)56-38-12-7-13-39-57-53(61)37-23-41-20-26-45(27-21-41)55(47-30-34-49(59)35-31-47)51(4-2)43-16-10-6-11-17-43/h5-6,8-11,14-37,58-59H,3-4,7,12-13,38-39H2,1-2H3,(H,56,60)(H,57,61)/b36-22+,37-23+,54-50-,55-51-. The van der Waals surface area contributed by atoms with Gasteiger partial charge >= 0.3 is 0 Å². The molecule has 0 aliphatic heterocycles. The van der Waals surface area contributed by atoms with Crippen LogP contribution in [0.1, 0.15) is 90.5 Å². The van der Waals surface area contributed by atoms with Crippen molar-refractivity contribution in [3.05, 3.63) is 214 Å². The van der Waals surface area contributed by atoms with Gasteiger partial charge in [-0.05, 0) is 135 Å². The first kappa shape index (κ1) is 43.4. The average Bonchev–Trinajstić information content (AvgIpc) is 3.30. The Morgan fingerprint density at radius 3 is 1.08 bits per heavy atom. The lowest BCUT2D eigenvalue weighted by atomic mass is 9.88. The number of benzene rings is 6. The van der Waals surface area contributed by atoms with E-state index in [1.165, 1.54) is 11.1 Å². The van der Waals surface area contributed by atoms with Crippen molar-refractivity contribution in [3.63, 3.8) is 0 Å². The molecule has 0 aliphatic carbocycles. The van der Waals surface area contributed by atoms with Gasteiger partial charge in [-0.25, -0.2) is 0 Å². The van der Waals surface area contributed by atoms with Crippen LogP contribution in [0.4, 0.5) is 0 Å². The van der Waals surface area contributed by atoms with E-state index in [0.29, 0.717) is 13.1 Å². The van der Waals surface area contributed by atoms with Crippen LogP contribution in [0.3, 0.4) is 0 Å². The van der Waals surface area contributed by atoms with Crippen LogP contribution in [0.2, 0.25) is 0 Å². The number of allylic oxidation sites excluding steroid dienone is 2. The summed E-state index contributed by atoms with van der Waals surface area (Å²) >= 11 is 0. The van der Waals surface area contributed by atoms with Crippen molar-refractivity contribution in [2.24, 2.45) is 0 Å². The van der Waals surface area contributed by atoms with E-state index < -0.39 is 0 Å². The van der Waals surface area contributed by atoms with Gasteiger partial charge in [-0.2, -0.15) is 0 Å². The number of hydrogen-bond acceptors (Lipinski definition) is 4. The Hall–Kier alpha value is -7.18. The Labute approximate surface area is 360 Å². The summed E-state index contributed by atoms with van der Waals surface area (Å²) in [6.45, 7) is 5.42. The fourth-order valence-corrected chi connectivity index (χ4v) is 7.45. The maximum atomic E-state index is 12.6. The number of rotatable bonds is 18. The minimum absolute atomic E-state index is 0.146. The fraction of sp³-hybridized carbons (Fsp3) is 0.164. The van der Waals surface area contributed by atoms with Gasteiger partial charge in [0, 0.05) is 25.2 Å². The van der Waals surface area contributed by atoms with Crippen molar-refractivity contribution in [3.8, 4) is 11.5 Å². The summed E-state index contributed by atoms with van der Waals surface area (Å²) in [4.78, 5) is 25.2. The molecule has 0 saturated carbocycles. The average molecular weight is 807 g/mol. The van der Waals surface area contributed by atoms with E-state index in [2.05, 4.69) is 73.0 Å². The highest BCUT2D eigenvalue weighted by Crippen LogP contribution is 2.36. The first-order valence-electron chi connectivity index (χ1n) is 21.1. The van der Waals surface area contributed by atoms with E-state index >= 15 is 0 Å². The van der Waals surface area contributed by atoms with Crippen LogP contribution in [-0.2, 0) is 9.59 Å². The zero-order valence-corrected chi connectivity index (χ0v) is 35.0. The molecule has 61 heavy (non-hydrogen) atoms. The highest BCUT2D eigenvalue weighted by molar-refractivity contribution is 6.00. The zero-order valence-electron chi connectivity index (χ0n) is 35.0. The number of hydrogen-bond donors (Lipinski definition) is 4. The molecule has 0 bridgehead atoms. The molecule has 0 aliphatic rings. The molecule has 6 nitrogen and oxygen atoms in total. The van der Waals surface area contributed by atoms with Crippen LogP contribution in [0.15, 0.2) is 170 Å². The quantitative estimate of drug-likeness (QED) is 0.0395. The Bertz CT molecular complexity index is 2290. The minimum Gasteiger partial charge on any atom is -0.508 e.